The Morgan fingerprint density at radius 1 is 0.882 bits per heavy atom. The molecule has 0 aromatic carbocycles. The van der Waals surface area contributed by atoms with E-state index in [1.807, 2.05) is 19.4 Å². The highest BCUT2D eigenvalue weighted by atomic mass is 32.2. The third kappa shape index (κ3) is 9.90. The zero-order valence-corrected chi connectivity index (χ0v) is 22.1. The van der Waals surface area contributed by atoms with E-state index >= 15 is 0 Å². The average molecular weight is 516 g/mol. The molecule has 2 saturated heterocycles. The first-order valence-corrected chi connectivity index (χ1v) is 14.5. The Balaban J connectivity index is 0.000000351. The summed E-state index contributed by atoms with van der Waals surface area (Å²) in [6.45, 7) is 2.82. The van der Waals surface area contributed by atoms with Gasteiger partial charge in [0.05, 0.1) is 10.5 Å². The van der Waals surface area contributed by atoms with E-state index in [-0.39, 0.29) is 46.3 Å². The van der Waals surface area contributed by atoms with Crippen molar-refractivity contribution in [2.24, 2.45) is 0 Å². The van der Waals surface area contributed by atoms with Crippen molar-refractivity contribution < 1.29 is 30.1 Å². The quantitative estimate of drug-likeness (QED) is 0.186. The van der Waals surface area contributed by atoms with Crippen molar-refractivity contribution in [1.82, 2.24) is 9.80 Å². The molecular weight excluding hydrogens is 476 g/mol. The van der Waals surface area contributed by atoms with Gasteiger partial charge in [-0.25, -0.2) is 0 Å². The molecule has 2 fully saturated rings. The van der Waals surface area contributed by atoms with Gasteiger partial charge < -0.3 is 4.79 Å². The fourth-order valence-electron chi connectivity index (χ4n) is 3.73. The van der Waals surface area contributed by atoms with Crippen LogP contribution in [0.5, 0.6) is 0 Å². The fourth-order valence-corrected chi connectivity index (χ4v) is 5.01. The van der Waals surface area contributed by atoms with Crippen molar-refractivity contribution >= 4 is 59.2 Å². The number of rotatable bonds is 15. The lowest BCUT2D eigenvalue weighted by Crippen LogP contribution is -2.32. The second-order valence-corrected chi connectivity index (χ2v) is 10.4. The van der Waals surface area contributed by atoms with E-state index in [1.165, 1.54) is 33.3 Å². The molecule has 10 heteroatoms. The molecule has 2 aliphatic heterocycles. The number of aldehydes is 1. The van der Waals surface area contributed by atoms with Crippen LogP contribution in [-0.4, -0.2) is 81.6 Å². The molecule has 2 rings (SSSR count). The molecule has 2 heterocycles. The predicted octanol–water partition coefficient (Wildman–Crippen LogP) is 3.25. The lowest BCUT2D eigenvalue weighted by atomic mass is 10.1. The van der Waals surface area contributed by atoms with Crippen LogP contribution in [0.2, 0.25) is 0 Å². The molecule has 8 nitrogen and oxygen atoms in total. The number of ketones is 1. The number of likely N-dealkylation sites (tertiary alicyclic amines) is 2. The first-order valence-electron chi connectivity index (χ1n) is 12.4. The van der Waals surface area contributed by atoms with E-state index in [9.17, 15) is 28.8 Å². The van der Waals surface area contributed by atoms with E-state index in [0.717, 1.165) is 25.7 Å². The highest BCUT2D eigenvalue weighted by Gasteiger charge is 2.38. The number of amides is 4. The Labute approximate surface area is 212 Å². The Hall–Kier alpha value is -1.68. The van der Waals surface area contributed by atoms with Gasteiger partial charge in [-0.15, -0.1) is 0 Å². The molecule has 192 valence electrons. The zero-order chi connectivity index (χ0) is 26.4. The molecule has 2 atom stereocenters. The maximum Gasteiger partial charge on any atom is 0.242 e. The summed E-state index contributed by atoms with van der Waals surface area (Å²) in [5.41, 5.74) is 0. The van der Waals surface area contributed by atoms with Crippen molar-refractivity contribution in [3.63, 3.8) is 0 Å². The number of hydrogen-bond acceptors (Lipinski definition) is 8. The lowest BCUT2D eigenvalue weighted by Gasteiger charge is -2.14. The number of nitrogens with zero attached hydrogens (tertiary/aromatic N) is 2. The highest BCUT2D eigenvalue weighted by molar-refractivity contribution is 8.00. The van der Waals surface area contributed by atoms with Gasteiger partial charge in [-0.05, 0) is 38.2 Å². The number of carbonyl (C=O) groups is 6. The van der Waals surface area contributed by atoms with Crippen LogP contribution < -0.4 is 0 Å². The number of carbonyl (C=O) groups excluding carboxylic acids is 6. The summed E-state index contributed by atoms with van der Waals surface area (Å²) in [6.07, 6.45) is 9.95. The van der Waals surface area contributed by atoms with Gasteiger partial charge >= 0.3 is 0 Å². The molecular formula is C24H38N2O6S2. The van der Waals surface area contributed by atoms with Crippen LogP contribution in [0.4, 0.5) is 0 Å². The van der Waals surface area contributed by atoms with Crippen LogP contribution in [0, 0.1) is 0 Å². The van der Waals surface area contributed by atoms with Gasteiger partial charge in [0.15, 0.2) is 0 Å². The number of hydrogen-bond donors (Lipinski definition) is 0. The molecule has 0 aromatic heterocycles. The van der Waals surface area contributed by atoms with Crippen molar-refractivity contribution in [1.29, 1.82) is 0 Å². The summed E-state index contributed by atoms with van der Waals surface area (Å²) in [5.74, 6) is 0.0110. The number of imide groups is 2. The van der Waals surface area contributed by atoms with Gasteiger partial charge in [-0.3, -0.25) is 33.8 Å². The van der Waals surface area contributed by atoms with E-state index in [4.69, 9.17) is 1.37 Å². The summed E-state index contributed by atoms with van der Waals surface area (Å²) in [6, 6.07) is 0. The molecule has 0 N–H and O–H groups in total. The normalized spacial score (nSPS) is 20.5. The Morgan fingerprint density at radius 2 is 1.35 bits per heavy atom. The molecule has 0 radical (unpaired) electrons. The molecule has 0 aromatic rings. The van der Waals surface area contributed by atoms with Crippen LogP contribution in [0.25, 0.3) is 0 Å². The first-order chi connectivity index (χ1) is 16.7. The van der Waals surface area contributed by atoms with Crippen molar-refractivity contribution in [3.8, 4) is 0 Å². The average Bonchev–Trinajstić information content (AvgIpc) is 3.27. The molecule has 2 aliphatic rings. The molecule has 0 spiro atoms. The van der Waals surface area contributed by atoms with E-state index in [2.05, 4.69) is 0 Å². The monoisotopic (exact) mass is 515 g/mol. The van der Waals surface area contributed by atoms with Gasteiger partial charge in [0.2, 0.25) is 23.6 Å². The second-order valence-electron chi connectivity index (χ2n) is 8.28. The molecule has 2 unspecified atom stereocenters. The smallest absolute Gasteiger partial charge is 0.242 e. The standard InChI is InChI=1S/C13H21NO3S.C11H17NO3S/c1-3-10(15)7-5-4-6-8-14-12(16)9-11(18-2)13(14)17;1-16-9-8-10(14)12(11(9)15)6-4-2-3-5-7-13/h11H,3-9H2,1-2H3;7,9H,2-6,8H2,1H3/i;7D. The van der Waals surface area contributed by atoms with Crippen molar-refractivity contribution in [2.75, 3.05) is 25.6 Å². The van der Waals surface area contributed by atoms with Crippen LogP contribution >= 0.6 is 23.5 Å². The van der Waals surface area contributed by atoms with Gasteiger partial charge in [0.1, 0.15) is 13.4 Å². The fraction of sp³-hybridized carbons (Fsp3) is 0.750. The SMILES string of the molecule is CCC(=O)CCCCCN1C(=O)CC(SC)C1=O.[2H]C(=O)CCCCCN1C(=O)CC(SC)C1=O. The first kappa shape index (κ1) is 28.6. The summed E-state index contributed by atoms with van der Waals surface area (Å²) >= 11 is 2.86. The Bertz CT molecular complexity index is 779. The van der Waals surface area contributed by atoms with Crippen molar-refractivity contribution in [3.05, 3.63) is 0 Å². The molecule has 34 heavy (non-hydrogen) atoms. The maximum absolute atomic E-state index is 11.8. The van der Waals surface area contributed by atoms with Gasteiger partial charge in [0, 0.05) is 45.2 Å². The van der Waals surface area contributed by atoms with Gasteiger partial charge in [-0.1, -0.05) is 19.8 Å². The number of thioether (sulfide) groups is 2. The van der Waals surface area contributed by atoms with Crippen LogP contribution in [0.1, 0.15) is 78.9 Å². The lowest BCUT2D eigenvalue weighted by molar-refractivity contribution is -0.139. The van der Waals surface area contributed by atoms with Crippen LogP contribution in [0.3, 0.4) is 0 Å². The molecule has 0 aliphatic carbocycles. The Morgan fingerprint density at radius 3 is 1.74 bits per heavy atom. The summed E-state index contributed by atoms with van der Waals surface area (Å²) in [7, 11) is 0. The number of Topliss-reactive ketones (excluding diaryl/α,β-unsaturated/α-hetero) is 1. The van der Waals surface area contributed by atoms with E-state index < -0.39 is 6.26 Å². The minimum Gasteiger partial charge on any atom is -0.303 e. The van der Waals surface area contributed by atoms with Gasteiger partial charge in [0.25, 0.3) is 0 Å². The molecule has 0 bridgehead atoms. The number of unbranched alkanes of at least 4 members (excludes halogenated alkanes) is 4. The predicted molar refractivity (Wildman–Crippen MR) is 136 cm³/mol. The molecule has 4 amide bonds. The van der Waals surface area contributed by atoms with Crippen molar-refractivity contribution in [2.45, 2.75) is 88.1 Å². The molecule has 0 saturated carbocycles. The topological polar surface area (TPSA) is 109 Å². The summed E-state index contributed by atoms with van der Waals surface area (Å²) in [5, 5.41) is -0.392. The minimum absolute atomic E-state index is 0.0443. The third-order valence-electron chi connectivity index (χ3n) is 5.87. The van der Waals surface area contributed by atoms with E-state index in [1.54, 1.807) is 0 Å². The Kier molecular flexibility index (Phi) is 14.2. The zero-order valence-electron chi connectivity index (χ0n) is 21.5. The van der Waals surface area contributed by atoms with Crippen LogP contribution in [0.15, 0.2) is 0 Å². The maximum atomic E-state index is 11.8. The highest BCUT2D eigenvalue weighted by Crippen LogP contribution is 2.24. The minimum atomic E-state index is -0.555. The van der Waals surface area contributed by atoms with Gasteiger partial charge in [-0.2, -0.15) is 23.5 Å². The summed E-state index contributed by atoms with van der Waals surface area (Å²) < 4.78 is 6.74. The largest absolute Gasteiger partial charge is 0.303 e. The summed E-state index contributed by atoms with van der Waals surface area (Å²) in [4.78, 5) is 70.8. The second kappa shape index (κ2) is 16.9. The van der Waals surface area contributed by atoms with E-state index in [0.29, 0.717) is 51.6 Å². The van der Waals surface area contributed by atoms with Crippen LogP contribution in [-0.2, 0) is 28.8 Å². The third-order valence-corrected chi connectivity index (χ3v) is 7.74.